The molecule has 2 aromatic heterocycles. The second kappa shape index (κ2) is 35.3. The minimum atomic E-state index is -0.588. The molecule has 0 aliphatic carbocycles. The monoisotopic (exact) mass is 1050 g/mol. The van der Waals surface area contributed by atoms with E-state index in [4.69, 9.17) is 46.0 Å². The summed E-state index contributed by atoms with van der Waals surface area (Å²) in [6.07, 6.45) is 16.9. The molecule has 0 fully saturated rings. The topological polar surface area (TPSA) is 165 Å². The molecule has 1 aliphatic rings. The van der Waals surface area contributed by atoms with Gasteiger partial charge in [-0.3, -0.25) is 19.1 Å². The van der Waals surface area contributed by atoms with Crippen LogP contribution in [-0.4, -0.2) is 123 Å². The number of nitrogens with one attached hydrogen (secondary N) is 1. The van der Waals surface area contributed by atoms with Gasteiger partial charge in [0.25, 0.3) is 0 Å². The third-order valence-corrected chi connectivity index (χ3v) is 14.1. The standard InChI is InChI=1S/C58H80ClN7O7S/c1-5-6-7-8-9-10-11-12-13-14-15-16-19-22-54(68)65(33-35-70-37-39-72-41-43-73-42-40-71-38-36-69-34-31-60)32-20-17-18-21-48-23-29-51(30-24-48)61-53(67)44-52-57-64-63-47(4)66(57)58-55(45(2)46(3)74-58)56(62-52)49-25-27-50(59)28-26-49/h23-30,52H,5-16,19,22,31-44,60H2,1-4H3,(H,61,67)/t52-/m0/s1. The zero-order chi connectivity index (χ0) is 52.6. The fourth-order valence-corrected chi connectivity index (χ4v) is 9.76. The van der Waals surface area contributed by atoms with Crippen molar-refractivity contribution in [1.82, 2.24) is 19.7 Å². The lowest BCUT2D eigenvalue weighted by atomic mass is 9.99. The molecule has 0 spiro atoms. The van der Waals surface area contributed by atoms with E-state index in [9.17, 15) is 9.59 Å². The largest absolute Gasteiger partial charge is 0.378 e. The zero-order valence-electron chi connectivity index (χ0n) is 44.5. The summed E-state index contributed by atoms with van der Waals surface area (Å²) < 4.78 is 29.8. The summed E-state index contributed by atoms with van der Waals surface area (Å²) in [5.41, 5.74) is 10.6. The highest BCUT2D eigenvalue weighted by Crippen LogP contribution is 2.39. The molecule has 0 radical (unpaired) electrons. The maximum absolute atomic E-state index is 13.7. The third kappa shape index (κ3) is 21.4. The van der Waals surface area contributed by atoms with Crippen LogP contribution in [0.25, 0.3) is 5.00 Å². The van der Waals surface area contributed by atoms with Gasteiger partial charge in [-0.05, 0) is 81.0 Å². The molecule has 16 heteroatoms. The number of hydrogen-bond acceptors (Lipinski definition) is 12. The van der Waals surface area contributed by atoms with E-state index in [0.29, 0.717) is 102 Å². The summed E-state index contributed by atoms with van der Waals surface area (Å²) in [4.78, 5) is 35.3. The molecule has 4 aromatic rings. The van der Waals surface area contributed by atoms with Crippen LogP contribution in [0.4, 0.5) is 5.69 Å². The van der Waals surface area contributed by atoms with Crippen molar-refractivity contribution >= 4 is 46.2 Å². The molecule has 2 amide bonds. The van der Waals surface area contributed by atoms with Gasteiger partial charge in [0.1, 0.15) is 16.9 Å². The van der Waals surface area contributed by atoms with Gasteiger partial charge in [0.2, 0.25) is 11.8 Å². The van der Waals surface area contributed by atoms with Gasteiger partial charge in [-0.15, -0.1) is 21.5 Å². The van der Waals surface area contributed by atoms with Crippen molar-refractivity contribution in [2.45, 2.75) is 130 Å². The molecule has 1 aliphatic heterocycles. The Labute approximate surface area is 449 Å². The average molecular weight is 1050 g/mol. The van der Waals surface area contributed by atoms with Crippen LogP contribution in [-0.2, 0) is 33.3 Å². The minimum absolute atomic E-state index is 0.0558. The minimum Gasteiger partial charge on any atom is -0.378 e. The number of ether oxygens (including phenoxy) is 5. The highest BCUT2D eigenvalue weighted by molar-refractivity contribution is 7.15. The van der Waals surface area contributed by atoms with Gasteiger partial charge in [0.15, 0.2) is 5.82 Å². The fourth-order valence-electron chi connectivity index (χ4n) is 8.42. The van der Waals surface area contributed by atoms with Crippen LogP contribution < -0.4 is 11.1 Å². The van der Waals surface area contributed by atoms with Crippen LogP contribution in [0.15, 0.2) is 53.5 Å². The van der Waals surface area contributed by atoms with E-state index in [1.54, 1.807) is 16.2 Å². The summed E-state index contributed by atoms with van der Waals surface area (Å²) >= 11 is 7.95. The molecule has 0 saturated carbocycles. The average Bonchev–Trinajstić information content (AvgIpc) is 3.88. The molecule has 3 N–H and O–H groups in total. The molecule has 1 atom stereocenters. The molecule has 0 bridgehead atoms. The Hall–Kier alpha value is -4.94. The Morgan fingerprint density at radius 2 is 1.30 bits per heavy atom. The van der Waals surface area contributed by atoms with Gasteiger partial charge in [-0.2, -0.15) is 0 Å². The number of thiophene rings is 1. The number of nitrogens with two attached hydrogens (primary N) is 1. The van der Waals surface area contributed by atoms with E-state index < -0.39 is 6.04 Å². The van der Waals surface area contributed by atoms with Gasteiger partial charge in [-0.25, -0.2) is 0 Å². The molecular formula is C58H80ClN7O7S. The fraction of sp³-hybridized carbons (Fsp3) is 0.569. The number of halogens is 1. The van der Waals surface area contributed by atoms with Crippen molar-refractivity contribution in [3.63, 3.8) is 0 Å². The lowest BCUT2D eigenvalue weighted by molar-refractivity contribution is -0.131. The van der Waals surface area contributed by atoms with Crippen LogP contribution in [0, 0.1) is 44.5 Å². The number of unbranched alkanes of at least 4 members (excludes halogenated alkanes) is 12. The van der Waals surface area contributed by atoms with Crippen LogP contribution in [0.2, 0.25) is 5.02 Å². The Kier molecular flexibility index (Phi) is 28.6. The van der Waals surface area contributed by atoms with Crippen LogP contribution >= 0.6 is 22.9 Å². The first-order valence-electron chi connectivity index (χ1n) is 26.8. The first-order chi connectivity index (χ1) is 36.2. The molecule has 5 rings (SSSR count). The number of carbonyl (C=O) groups is 2. The number of carbonyl (C=O) groups excluding carboxylic acids is 2. The second-order valence-electron chi connectivity index (χ2n) is 18.4. The van der Waals surface area contributed by atoms with Gasteiger partial charge < -0.3 is 39.6 Å². The van der Waals surface area contributed by atoms with Gasteiger partial charge in [-0.1, -0.05) is 120 Å². The number of nitrogens with zero attached hydrogens (tertiary/aromatic N) is 5. The molecule has 3 heterocycles. The smallest absolute Gasteiger partial charge is 0.227 e. The first-order valence-corrected chi connectivity index (χ1v) is 28.0. The summed E-state index contributed by atoms with van der Waals surface area (Å²) in [6.45, 7) is 14.3. The van der Waals surface area contributed by atoms with Crippen molar-refractivity contribution in [1.29, 1.82) is 0 Å². The number of benzene rings is 2. The molecular weight excluding hydrogens is 974 g/mol. The lowest BCUT2D eigenvalue weighted by Crippen LogP contribution is -2.34. The number of aliphatic imine (C=N–C) groups is 1. The maximum Gasteiger partial charge on any atom is 0.227 e. The van der Waals surface area contributed by atoms with Crippen LogP contribution in [0.3, 0.4) is 0 Å². The van der Waals surface area contributed by atoms with E-state index in [1.165, 1.54) is 69.1 Å². The van der Waals surface area contributed by atoms with Gasteiger partial charge in [0, 0.05) is 51.8 Å². The number of fused-ring (bicyclic) bond motifs is 3. The summed E-state index contributed by atoms with van der Waals surface area (Å²) in [7, 11) is 0. The van der Waals surface area contributed by atoms with Crippen LogP contribution in [0.5, 0.6) is 0 Å². The van der Waals surface area contributed by atoms with Crippen molar-refractivity contribution in [3.8, 4) is 28.7 Å². The summed E-state index contributed by atoms with van der Waals surface area (Å²) in [5, 5.41) is 13.6. The number of amides is 2. The normalized spacial score (nSPS) is 12.7. The number of aromatic nitrogens is 3. The molecule has 402 valence electrons. The number of rotatable bonds is 36. The molecule has 14 nitrogen and oxygen atoms in total. The molecule has 0 unspecified atom stereocenters. The van der Waals surface area contributed by atoms with Gasteiger partial charge in [0.05, 0.1) is 84.7 Å². The molecule has 74 heavy (non-hydrogen) atoms. The van der Waals surface area contributed by atoms with Gasteiger partial charge >= 0.3 is 0 Å². The van der Waals surface area contributed by atoms with E-state index in [0.717, 1.165) is 58.1 Å². The van der Waals surface area contributed by atoms with E-state index in [1.807, 2.05) is 60.0 Å². The Morgan fingerprint density at radius 3 is 1.89 bits per heavy atom. The lowest BCUT2D eigenvalue weighted by Gasteiger charge is -2.20. The van der Waals surface area contributed by atoms with E-state index in [-0.39, 0.29) is 24.8 Å². The van der Waals surface area contributed by atoms with Crippen molar-refractivity contribution in [2.75, 3.05) is 91.0 Å². The predicted octanol–water partition coefficient (Wildman–Crippen LogP) is 10.5. The number of hydrogen-bond donors (Lipinski definition) is 2. The number of anilines is 1. The highest BCUT2D eigenvalue weighted by atomic mass is 35.5. The second-order valence-corrected chi connectivity index (χ2v) is 20.1. The summed E-state index contributed by atoms with van der Waals surface area (Å²) in [6, 6.07) is 14.4. The Balaban J connectivity index is 1.08. The van der Waals surface area contributed by atoms with E-state index in [2.05, 4.69) is 60.0 Å². The quantitative estimate of drug-likeness (QED) is 0.0331. The molecule has 2 aromatic carbocycles. The highest BCUT2D eigenvalue weighted by Gasteiger charge is 2.32. The number of aryl methyl sites for hydroxylation is 2. The van der Waals surface area contributed by atoms with Crippen molar-refractivity contribution in [3.05, 3.63) is 92.3 Å². The summed E-state index contributed by atoms with van der Waals surface area (Å²) in [5.74, 6) is 13.3. The zero-order valence-corrected chi connectivity index (χ0v) is 46.0. The molecule has 0 saturated heterocycles. The van der Waals surface area contributed by atoms with Crippen LogP contribution in [0.1, 0.15) is 148 Å². The van der Waals surface area contributed by atoms with E-state index >= 15 is 0 Å². The first kappa shape index (κ1) is 59.9. The van der Waals surface area contributed by atoms with Crippen molar-refractivity contribution < 1.29 is 33.3 Å². The predicted molar refractivity (Wildman–Crippen MR) is 298 cm³/mol. The Morgan fingerprint density at radius 1 is 0.730 bits per heavy atom. The SMILES string of the molecule is CCCCCCCCCCCCCCCC(=O)N(CC#CC#Cc1ccc(NC(=O)C[C@@H]2N=C(c3ccc(Cl)cc3)c3c(sc(C)c3C)-n3c(C)nnc32)cc1)CCOCCOCCOCCOCCOCCN. The maximum atomic E-state index is 13.7. The Bertz CT molecular complexity index is 2430. The third-order valence-electron chi connectivity index (χ3n) is 12.6. The van der Waals surface area contributed by atoms with Crippen molar-refractivity contribution in [2.24, 2.45) is 10.7 Å².